The van der Waals surface area contributed by atoms with E-state index in [4.69, 9.17) is 5.73 Å². The first-order valence-corrected chi connectivity index (χ1v) is 4.74. The smallest absolute Gasteiger partial charge is 0.283 e. The van der Waals surface area contributed by atoms with Crippen LogP contribution in [0.4, 0.5) is 5.69 Å². The number of nitrogens with one attached hydrogen (secondary N) is 1. The van der Waals surface area contributed by atoms with Crippen molar-refractivity contribution in [2.75, 3.05) is 5.73 Å². The summed E-state index contributed by atoms with van der Waals surface area (Å²) in [6.07, 6.45) is -0.374. The molecule has 1 aromatic rings. The summed E-state index contributed by atoms with van der Waals surface area (Å²) >= 11 is 0. The minimum Gasteiger partial charge on any atom is -0.507 e. The average molecular weight is 235 g/mol. The first-order chi connectivity index (χ1) is 7.99. The molecule has 1 saturated heterocycles. The molecule has 4 N–H and O–H groups in total. The molecule has 0 saturated carbocycles. The molecule has 17 heavy (non-hydrogen) atoms. The van der Waals surface area contributed by atoms with Crippen LogP contribution in [-0.2, 0) is 9.59 Å². The predicted molar refractivity (Wildman–Crippen MR) is 56.5 cm³/mol. The van der Waals surface area contributed by atoms with E-state index in [-0.39, 0.29) is 23.4 Å². The van der Waals surface area contributed by atoms with Crippen molar-refractivity contribution in [2.24, 2.45) is 0 Å². The van der Waals surface area contributed by atoms with E-state index in [1.165, 1.54) is 18.2 Å². The van der Waals surface area contributed by atoms with E-state index < -0.39 is 17.7 Å². The van der Waals surface area contributed by atoms with Gasteiger partial charge in [-0.2, -0.15) is 5.01 Å². The fourth-order valence-electron chi connectivity index (χ4n) is 1.46. The highest BCUT2D eigenvalue weighted by Crippen LogP contribution is 2.22. The SMILES string of the molecule is Nc1ccc(C(=O)N2NC(=O)CC2=O)c(O)c1. The lowest BCUT2D eigenvalue weighted by Gasteiger charge is -2.13. The summed E-state index contributed by atoms with van der Waals surface area (Å²) in [6.45, 7) is 0. The van der Waals surface area contributed by atoms with Crippen LogP contribution in [0.3, 0.4) is 0 Å². The second-order valence-electron chi connectivity index (χ2n) is 3.52. The van der Waals surface area contributed by atoms with Gasteiger partial charge in [0.15, 0.2) is 0 Å². The number of phenols is 1. The molecule has 1 heterocycles. The molecule has 0 atom stereocenters. The van der Waals surface area contributed by atoms with Crippen LogP contribution in [0.25, 0.3) is 0 Å². The number of benzene rings is 1. The van der Waals surface area contributed by atoms with Crippen molar-refractivity contribution in [3.05, 3.63) is 23.8 Å². The standard InChI is InChI=1S/C10H9N3O4/c11-5-1-2-6(7(14)3-5)10(17)13-9(16)4-8(15)12-13/h1-3,14H,4,11H2,(H,12,15). The number of imide groups is 1. The molecule has 1 aliphatic rings. The highest BCUT2D eigenvalue weighted by molar-refractivity contribution is 6.14. The Morgan fingerprint density at radius 1 is 1.41 bits per heavy atom. The molecule has 0 aromatic heterocycles. The number of nitrogens with zero attached hydrogens (tertiary/aromatic N) is 1. The van der Waals surface area contributed by atoms with Crippen molar-refractivity contribution in [1.29, 1.82) is 0 Å². The van der Waals surface area contributed by atoms with Crippen molar-refractivity contribution in [3.8, 4) is 5.75 Å². The van der Waals surface area contributed by atoms with Crippen LogP contribution in [-0.4, -0.2) is 27.8 Å². The summed E-state index contributed by atoms with van der Waals surface area (Å²) in [5.41, 5.74) is 7.69. The van der Waals surface area contributed by atoms with E-state index in [0.29, 0.717) is 5.01 Å². The molecule has 1 aliphatic heterocycles. The maximum atomic E-state index is 11.8. The van der Waals surface area contributed by atoms with Crippen molar-refractivity contribution >= 4 is 23.4 Å². The number of rotatable bonds is 1. The van der Waals surface area contributed by atoms with Crippen LogP contribution < -0.4 is 11.2 Å². The Morgan fingerprint density at radius 2 is 2.12 bits per heavy atom. The van der Waals surface area contributed by atoms with E-state index in [2.05, 4.69) is 5.43 Å². The molecule has 2 rings (SSSR count). The molecule has 0 radical (unpaired) electrons. The van der Waals surface area contributed by atoms with E-state index in [1.807, 2.05) is 0 Å². The van der Waals surface area contributed by atoms with Crippen LogP contribution in [0.5, 0.6) is 5.75 Å². The average Bonchev–Trinajstić information content (AvgIpc) is 2.57. The summed E-state index contributed by atoms with van der Waals surface area (Å²) in [5, 5.41) is 10.1. The van der Waals surface area contributed by atoms with Gasteiger partial charge in [-0.3, -0.25) is 19.8 Å². The van der Waals surface area contributed by atoms with Crippen molar-refractivity contribution in [2.45, 2.75) is 6.42 Å². The number of hydrogen-bond acceptors (Lipinski definition) is 5. The number of hydrogen-bond donors (Lipinski definition) is 3. The van der Waals surface area contributed by atoms with Gasteiger partial charge in [0, 0.05) is 11.8 Å². The summed E-state index contributed by atoms with van der Waals surface area (Å²) in [5.74, 6) is -2.35. The molecule has 7 nitrogen and oxygen atoms in total. The lowest BCUT2D eigenvalue weighted by atomic mass is 10.1. The maximum absolute atomic E-state index is 11.8. The minimum absolute atomic E-state index is 0.102. The van der Waals surface area contributed by atoms with Gasteiger partial charge >= 0.3 is 0 Å². The van der Waals surface area contributed by atoms with Crippen molar-refractivity contribution in [3.63, 3.8) is 0 Å². The quantitative estimate of drug-likeness (QED) is 0.341. The van der Waals surface area contributed by atoms with Crippen LogP contribution in [0.2, 0.25) is 0 Å². The number of aromatic hydroxyl groups is 1. The van der Waals surface area contributed by atoms with Gasteiger partial charge in [-0.15, -0.1) is 0 Å². The summed E-state index contributed by atoms with van der Waals surface area (Å²) in [4.78, 5) is 34.0. The van der Waals surface area contributed by atoms with E-state index in [1.54, 1.807) is 0 Å². The predicted octanol–water partition coefficient (Wildman–Crippen LogP) is -0.622. The Labute approximate surface area is 95.8 Å². The Balaban J connectivity index is 2.31. The fourth-order valence-corrected chi connectivity index (χ4v) is 1.46. The molecule has 0 spiro atoms. The van der Waals surface area contributed by atoms with Gasteiger partial charge in [-0.25, -0.2) is 0 Å². The number of phenolic OH excluding ortho intramolecular Hbond substituents is 1. The molecule has 0 unspecified atom stereocenters. The van der Waals surface area contributed by atoms with Gasteiger partial charge in [0.1, 0.15) is 12.2 Å². The largest absolute Gasteiger partial charge is 0.507 e. The third-order valence-electron chi connectivity index (χ3n) is 2.25. The molecule has 1 aromatic carbocycles. The second-order valence-corrected chi connectivity index (χ2v) is 3.52. The monoisotopic (exact) mass is 235 g/mol. The van der Waals surface area contributed by atoms with E-state index >= 15 is 0 Å². The van der Waals surface area contributed by atoms with Crippen molar-refractivity contribution < 1.29 is 19.5 Å². The lowest BCUT2D eigenvalue weighted by molar-refractivity contribution is -0.126. The second kappa shape index (κ2) is 3.78. The number of nitrogens with two attached hydrogens (primary N) is 1. The molecule has 88 valence electrons. The number of hydrazine groups is 1. The molecular weight excluding hydrogens is 226 g/mol. The molecule has 0 bridgehead atoms. The number of amides is 3. The number of nitrogen functional groups attached to an aromatic ring is 1. The Morgan fingerprint density at radius 3 is 2.65 bits per heavy atom. The Kier molecular flexibility index (Phi) is 2.43. The number of anilines is 1. The third-order valence-corrected chi connectivity index (χ3v) is 2.25. The molecule has 7 heteroatoms. The van der Waals surface area contributed by atoms with Crippen LogP contribution in [0.1, 0.15) is 16.8 Å². The highest BCUT2D eigenvalue weighted by Gasteiger charge is 2.33. The van der Waals surface area contributed by atoms with Gasteiger partial charge in [-0.05, 0) is 12.1 Å². The zero-order valence-electron chi connectivity index (χ0n) is 8.64. The third kappa shape index (κ3) is 1.89. The van der Waals surface area contributed by atoms with Crippen LogP contribution in [0, 0.1) is 0 Å². The first-order valence-electron chi connectivity index (χ1n) is 4.74. The topological polar surface area (TPSA) is 113 Å². The maximum Gasteiger partial charge on any atom is 0.283 e. The van der Waals surface area contributed by atoms with Crippen LogP contribution in [0.15, 0.2) is 18.2 Å². The van der Waals surface area contributed by atoms with E-state index in [0.717, 1.165) is 0 Å². The highest BCUT2D eigenvalue weighted by atomic mass is 16.3. The lowest BCUT2D eigenvalue weighted by Crippen LogP contribution is -2.41. The molecular formula is C10H9N3O4. The normalized spacial score (nSPS) is 14.9. The van der Waals surface area contributed by atoms with Gasteiger partial charge < -0.3 is 10.8 Å². The molecule has 3 amide bonds. The zero-order valence-corrected chi connectivity index (χ0v) is 8.64. The fraction of sp³-hybridized carbons (Fsp3) is 0.100. The Bertz CT molecular complexity index is 526. The number of carbonyl (C=O) groups excluding carboxylic acids is 3. The molecule has 1 fully saturated rings. The first kappa shape index (κ1) is 10.9. The van der Waals surface area contributed by atoms with Gasteiger partial charge in [0.05, 0.1) is 5.56 Å². The summed E-state index contributed by atoms with van der Waals surface area (Å²) in [6, 6.07) is 3.88. The summed E-state index contributed by atoms with van der Waals surface area (Å²) < 4.78 is 0. The summed E-state index contributed by atoms with van der Waals surface area (Å²) in [7, 11) is 0. The number of carbonyl (C=O) groups is 3. The zero-order chi connectivity index (χ0) is 12.6. The van der Waals surface area contributed by atoms with E-state index in [9.17, 15) is 19.5 Å². The van der Waals surface area contributed by atoms with Gasteiger partial charge in [0.2, 0.25) is 5.91 Å². The minimum atomic E-state index is -0.793. The Hall–Kier alpha value is -2.57. The molecule has 0 aliphatic carbocycles. The van der Waals surface area contributed by atoms with Gasteiger partial charge in [0.25, 0.3) is 11.8 Å². The van der Waals surface area contributed by atoms with Gasteiger partial charge in [-0.1, -0.05) is 0 Å². The van der Waals surface area contributed by atoms with Crippen molar-refractivity contribution in [1.82, 2.24) is 10.4 Å². The van der Waals surface area contributed by atoms with Crippen LogP contribution >= 0.6 is 0 Å².